The molecule has 0 bridgehead atoms. The summed E-state index contributed by atoms with van der Waals surface area (Å²) in [6.07, 6.45) is 0. The highest BCUT2D eigenvalue weighted by atomic mass is 32.2. The van der Waals surface area contributed by atoms with Crippen molar-refractivity contribution in [1.82, 2.24) is 0 Å². The van der Waals surface area contributed by atoms with E-state index in [9.17, 15) is 13.5 Å². The number of hydrogen-bond acceptors (Lipinski definition) is 3. The van der Waals surface area contributed by atoms with Crippen LogP contribution in [0.15, 0.2) is 53.4 Å². The zero-order chi connectivity index (χ0) is 14.0. The SMILES string of the molecule is CC(c1ccccc1)c1cccc(S(=O)(=O)O)c1O. The molecule has 2 aromatic rings. The lowest BCUT2D eigenvalue weighted by Gasteiger charge is -2.15. The Hall–Kier alpha value is -1.85. The number of aromatic hydroxyl groups is 1. The van der Waals surface area contributed by atoms with Gasteiger partial charge in [-0.3, -0.25) is 4.55 Å². The van der Waals surface area contributed by atoms with E-state index in [4.69, 9.17) is 4.55 Å². The van der Waals surface area contributed by atoms with Crippen molar-refractivity contribution in [3.05, 3.63) is 59.7 Å². The van der Waals surface area contributed by atoms with Crippen LogP contribution in [-0.2, 0) is 10.1 Å². The maximum absolute atomic E-state index is 11.2. The molecule has 0 saturated carbocycles. The lowest BCUT2D eigenvalue weighted by Crippen LogP contribution is -2.03. The number of benzene rings is 2. The van der Waals surface area contributed by atoms with E-state index in [2.05, 4.69) is 0 Å². The van der Waals surface area contributed by atoms with Crippen LogP contribution in [-0.4, -0.2) is 18.1 Å². The molecule has 2 aromatic carbocycles. The van der Waals surface area contributed by atoms with Crippen LogP contribution in [0.2, 0.25) is 0 Å². The highest BCUT2D eigenvalue weighted by molar-refractivity contribution is 7.86. The van der Waals surface area contributed by atoms with Gasteiger partial charge in [-0.25, -0.2) is 0 Å². The molecule has 0 aliphatic carbocycles. The Morgan fingerprint density at radius 3 is 2.21 bits per heavy atom. The summed E-state index contributed by atoms with van der Waals surface area (Å²) in [5.41, 5.74) is 1.41. The molecule has 1 unspecified atom stereocenters. The molecule has 4 nitrogen and oxygen atoms in total. The lowest BCUT2D eigenvalue weighted by atomic mass is 9.92. The topological polar surface area (TPSA) is 74.6 Å². The minimum Gasteiger partial charge on any atom is -0.506 e. The molecule has 0 aromatic heterocycles. The Kier molecular flexibility index (Phi) is 3.59. The summed E-state index contributed by atoms with van der Waals surface area (Å²) in [6, 6.07) is 13.7. The predicted octanol–water partition coefficient (Wildman–Crippen LogP) is 2.79. The van der Waals surface area contributed by atoms with Crippen LogP contribution in [0.4, 0.5) is 0 Å². The molecule has 0 aliphatic heterocycles. The van der Waals surface area contributed by atoms with Crippen molar-refractivity contribution >= 4 is 10.1 Å². The first-order valence-corrected chi connectivity index (χ1v) is 7.19. The number of phenolic OH excluding ortho intramolecular Hbond substituents is 1. The molecule has 0 aliphatic rings. The van der Waals surface area contributed by atoms with Crippen molar-refractivity contribution in [3.8, 4) is 5.75 Å². The molecular formula is C14H14O4S. The van der Waals surface area contributed by atoms with Gasteiger partial charge in [0, 0.05) is 11.5 Å². The van der Waals surface area contributed by atoms with Crippen LogP contribution in [0.5, 0.6) is 5.75 Å². The van der Waals surface area contributed by atoms with Crippen molar-refractivity contribution in [2.45, 2.75) is 17.7 Å². The highest BCUT2D eigenvalue weighted by Crippen LogP contribution is 2.35. The van der Waals surface area contributed by atoms with Gasteiger partial charge in [-0.05, 0) is 11.6 Å². The Balaban J connectivity index is 2.53. The van der Waals surface area contributed by atoms with Crippen molar-refractivity contribution < 1.29 is 18.1 Å². The zero-order valence-corrected chi connectivity index (χ0v) is 11.1. The third-order valence-electron chi connectivity index (χ3n) is 3.07. The van der Waals surface area contributed by atoms with Crippen molar-refractivity contribution in [2.24, 2.45) is 0 Å². The molecule has 2 N–H and O–H groups in total. The summed E-state index contributed by atoms with van der Waals surface area (Å²) >= 11 is 0. The maximum atomic E-state index is 11.2. The Bertz CT molecular complexity index is 678. The van der Waals surface area contributed by atoms with Crippen LogP contribution < -0.4 is 0 Å². The first-order valence-electron chi connectivity index (χ1n) is 5.75. The first-order chi connectivity index (χ1) is 8.91. The number of phenols is 1. The number of hydrogen-bond donors (Lipinski definition) is 2. The molecule has 19 heavy (non-hydrogen) atoms. The average molecular weight is 278 g/mol. The highest BCUT2D eigenvalue weighted by Gasteiger charge is 2.21. The van der Waals surface area contributed by atoms with Gasteiger partial charge in [0.25, 0.3) is 10.1 Å². The predicted molar refractivity (Wildman–Crippen MR) is 71.9 cm³/mol. The van der Waals surface area contributed by atoms with E-state index >= 15 is 0 Å². The van der Waals surface area contributed by atoms with E-state index in [1.54, 1.807) is 6.07 Å². The van der Waals surface area contributed by atoms with Crippen molar-refractivity contribution in [1.29, 1.82) is 0 Å². The van der Waals surface area contributed by atoms with Crippen molar-refractivity contribution in [3.63, 3.8) is 0 Å². The van der Waals surface area contributed by atoms with Crippen LogP contribution in [0.1, 0.15) is 24.0 Å². The van der Waals surface area contributed by atoms with E-state index in [1.165, 1.54) is 12.1 Å². The van der Waals surface area contributed by atoms with Crippen LogP contribution in [0.3, 0.4) is 0 Å². The Labute approximate surface area is 112 Å². The maximum Gasteiger partial charge on any atom is 0.298 e. The third-order valence-corrected chi connectivity index (χ3v) is 3.96. The Morgan fingerprint density at radius 2 is 1.63 bits per heavy atom. The molecular weight excluding hydrogens is 264 g/mol. The fourth-order valence-electron chi connectivity index (χ4n) is 2.02. The monoisotopic (exact) mass is 278 g/mol. The summed E-state index contributed by atoms with van der Waals surface area (Å²) in [5.74, 6) is -0.579. The fraction of sp³-hybridized carbons (Fsp3) is 0.143. The van der Waals surface area contributed by atoms with Gasteiger partial charge in [0.05, 0.1) is 0 Å². The van der Waals surface area contributed by atoms with Gasteiger partial charge >= 0.3 is 0 Å². The van der Waals surface area contributed by atoms with Gasteiger partial charge in [-0.15, -0.1) is 0 Å². The summed E-state index contributed by atoms with van der Waals surface area (Å²) in [5, 5.41) is 10.0. The summed E-state index contributed by atoms with van der Waals surface area (Å²) in [4.78, 5) is -0.465. The molecule has 100 valence electrons. The van der Waals surface area contributed by atoms with E-state index in [1.807, 2.05) is 37.3 Å². The molecule has 0 radical (unpaired) electrons. The first kappa shape index (κ1) is 13.6. The normalized spacial score (nSPS) is 13.2. The molecule has 2 rings (SSSR count). The lowest BCUT2D eigenvalue weighted by molar-refractivity contribution is 0.436. The molecule has 0 fully saturated rings. The van der Waals surface area contributed by atoms with Gasteiger partial charge in [0.2, 0.25) is 0 Å². The number of rotatable bonds is 3. The third kappa shape index (κ3) is 2.77. The summed E-state index contributed by atoms with van der Waals surface area (Å²) < 4.78 is 31.4. The second-order valence-corrected chi connectivity index (χ2v) is 5.69. The average Bonchev–Trinajstić information content (AvgIpc) is 2.38. The van der Waals surface area contributed by atoms with E-state index in [0.717, 1.165) is 5.56 Å². The minimum absolute atomic E-state index is 0.178. The second kappa shape index (κ2) is 5.03. The van der Waals surface area contributed by atoms with Gasteiger partial charge in [-0.2, -0.15) is 8.42 Å². The van der Waals surface area contributed by atoms with Crippen molar-refractivity contribution in [2.75, 3.05) is 0 Å². The summed E-state index contributed by atoms with van der Waals surface area (Å²) in [7, 11) is -4.42. The smallest absolute Gasteiger partial charge is 0.298 e. The van der Waals surface area contributed by atoms with E-state index < -0.39 is 20.8 Å². The van der Waals surface area contributed by atoms with Gasteiger partial charge in [0.15, 0.2) is 0 Å². The second-order valence-electron chi connectivity index (χ2n) is 4.30. The molecule has 5 heteroatoms. The minimum atomic E-state index is -4.42. The molecule has 0 amide bonds. The zero-order valence-electron chi connectivity index (χ0n) is 10.3. The van der Waals surface area contributed by atoms with E-state index in [0.29, 0.717) is 5.56 Å². The standard InChI is InChI=1S/C14H14O4S/c1-10(11-6-3-2-4-7-11)12-8-5-9-13(14(12)15)19(16,17)18/h2-10,15H,1H3,(H,16,17,18). The van der Waals surface area contributed by atoms with Crippen LogP contribution >= 0.6 is 0 Å². The number of para-hydroxylation sites is 1. The molecule has 0 spiro atoms. The van der Waals surface area contributed by atoms with Crippen LogP contribution in [0, 0.1) is 0 Å². The van der Waals surface area contributed by atoms with Gasteiger partial charge in [-0.1, -0.05) is 49.4 Å². The summed E-state index contributed by atoms with van der Waals surface area (Å²) in [6.45, 7) is 1.86. The van der Waals surface area contributed by atoms with Gasteiger partial charge < -0.3 is 5.11 Å². The molecule has 1 atom stereocenters. The largest absolute Gasteiger partial charge is 0.506 e. The fourth-order valence-corrected chi connectivity index (χ4v) is 2.63. The molecule has 0 heterocycles. The molecule has 0 saturated heterocycles. The van der Waals surface area contributed by atoms with E-state index in [-0.39, 0.29) is 5.92 Å². The van der Waals surface area contributed by atoms with Crippen LogP contribution in [0.25, 0.3) is 0 Å². The quantitative estimate of drug-likeness (QED) is 0.847. The van der Waals surface area contributed by atoms with Gasteiger partial charge in [0.1, 0.15) is 10.6 Å². The Morgan fingerprint density at radius 1 is 1.00 bits per heavy atom.